The second-order valence-electron chi connectivity index (χ2n) is 8.29. The highest BCUT2D eigenvalue weighted by molar-refractivity contribution is 7.92. The van der Waals surface area contributed by atoms with Crippen molar-refractivity contribution in [2.24, 2.45) is 0 Å². The number of nitrogens with zero attached hydrogens (tertiary/aromatic N) is 3. The van der Waals surface area contributed by atoms with E-state index in [1.165, 1.54) is 12.4 Å². The Kier molecular flexibility index (Phi) is 5.67. The number of rotatable bonds is 6. The van der Waals surface area contributed by atoms with Crippen molar-refractivity contribution in [1.29, 1.82) is 0 Å². The van der Waals surface area contributed by atoms with Crippen LogP contribution in [-0.4, -0.2) is 28.7 Å². The summed E-state index contributed by atoms with van der Waals surface area (Å²) < 4.78 is 30.4. The van der Waals surface area contributed by atoms with Crippen LogP contribution in [0, 0.1) is 13.8 Å². The molecule has 0 amide bonds. The predicted molar refractivity (Wildman–Crippen MR) is 129 cm³/mol. The summed E-state index contributed by atoms with van der Waals surface area (Å²) >= 11 is 0. The van der Waals surface area contributed by atoms with Crippen LogP contribution in [0.5, 0.6) is 0 Å². The first-order valence-corrected chi connectivity index (χ1v) is 11.9. The molecule has 0 fully saturated rings. The standard InChI is InChI=1S/C24H25N5O3S/c1-14(2)29-12-19(21-23(25)26-13-27-24(21)29)22(30)17-6-5-7-18(11-17)28-33(31,32)20-10-15(3)8-9-16(20)4/h5-14,28H,1-4H3,(H2,25,26,27). The molecule has 8 nitrogen and oxygen atoms in total. The van der Waals surface area contributed by atoms with Crippen LogP contribution in [0.1, 0.15) is 46.9 Å². The summed E-state index contributed by atoms with van der Waals surface area (Å²) in [5.74, 6) is -0.0804. The van der Waals surface area contributed by atoms with Crippen molar-refractivity contribution in [3.05, 3.63) is 77.2 Å². The zero-order chi connectivity index (χ0) is 23.9. The number of anilines is 2. The molecule has 9 heteroatoms. The van der Waals surface area contributed by atoms with Crippen LogP contribution in [0.25, 0.3) is 11.0 Å². The Balaban J connectivity index is 1.73. The summed E-state index contributed by atoms with van der Waals surface area (Å²) in [4.78, 5) is 22.0. The van der Waals surface area contributed by atoms with Crippen LogP contribution in [0.2, 0.25) is 0 Å². The summed E-state index contributed by atoms with van der Waals surface area (Å²) in [6.45, 7) is 7.54. The molecule has 0 saturated carbocycles. The summed E-state index contributed by atoms with van der Waals surface area (Å²) in [6.07, 6.45) is 3.09. The molecule has 0 aliphatic rings. The van der Waals surface area contributed by atoms with Crippen LogP contribution in [-0.2, 0) is 10.0 Å². The van der Waals surface area contributed by atoms with Gasteiger partial charge >= 0.3 is 0 Å². The Morgan fingerprint density at radius 2 is 1.85 bits per heavy atom. The zero-order valence-corrected chi connectivity index (χ0v) is 19.6. The van der Waals surface area contributed by atoms with Crippen molar-refractivity contribution in [3.8, 4) is 0 Å². The van der Waals surface area contributed by atoms with Gasteiger partial charge in [-0.25, -0.2) is 18.4 Å². The number of hydrogen-bond acceptors (Lipinski definition) is 6. The molecule has 0 radical (unpaired) electrons. The fraction of sp³-hybridized carbons (Fsp3) is 0.208. The Hall–Kier alpha value is -3.72. The average Bonchev–Trinajstić information content (AvgIpc) is 3.16. The minimum atomic E-state index is -3.83. The number of nitrogen functional groups attached to an aromatic ring is 1. The minimum Gasteiger partial charge on any atom is -0.383 e. The minimum absolute atomic E-state index is 0.0547. The first kappa shape index (κ1) is 22.5. The van der Waals surface area contributed by atoms with Crippen molar-refractivity contribution in [3.63, 3.8) is 0 Å². The van der Waals surface area contributed by atoms with Crippen molar-refractivity contribution in [2.45, 2.75) is 38.6 Å². The van der Waals surface area contributed by atoms with Crippen LogP contribution in [0.15, 0.2) is 59.9 Å². The number of carbonyl (C=O) groups is 1. The third-order valence-corrected chi connectivity index (χ3v) is 6.97. The number of aromatic nitrogens is 3. The van der Waals surface area contributed by atoms with Crippen molar-refractivity contribution in [1.82, 2.24) is 14.5 Å². The molecule has 33 heavy (non-hydrogen) atoms. The Morgan fingerprint density at radius 3 is 2.58 bits per heavy atom. The molecule has 0 aliphatic carbocycles. The zero-order valence-electron chi connectivity index (χ0n) is 18.8. The van der Waals surface area contributed by atoms with E-state index in [0.29, 0.717) is 33.4 Å². The fourth-order valence-electron chi connectivity index (χ4n) is 3.76. The summed E-state index contributed by atoms with van der Waals surface area (Å²) in [5, 5.41) is 0.484. The number of carbonyl (C=O) groups excluding carboxylic acids is 1. The van der Waals surface area contributed by atoms with Gasteiger partial charge < -0.3 is 10.3 Å². The van der Waals surface area contributed by atoms with E-state index in [0.717, 1.165) is 5.56 Å². The molecule has 2 aromatic heterocycles. The largest absolute Gasteiger partial charge is 0.383 e. The lowest BCUT2D eigenvalue weighted by molar-refractivity contribution is 0.104. The molecule has 0 unspecified atom stereocenters. The highest BCUT2D eigenvalue weighted by Crippen LogP contribution is 2.29. The van der Waals surface area contributed by atoms with Gasteiger partial charge in [0, 0.05) is 23.5 Å². The number of nitrogens with one attached hydrogen (secondary N) is 1. The molecule has 4 aromatic rings. The second kappa shape index (κ2) is 8.32. The Labute approximate surface area is 192 Å². The Morgan fingerprint density at radius 1 is 1.09 bits per heavy atom. The highest BCUT2D eigenvalue weighted by atomic mass is 32.2. The fourth-order valence-corrected chi connectivity index (χ4v) is 5.14. The SMILES string of the molecule is Cc1ccc(C)c(S(=O)(=O)Nc2cccc(C(=O)c3cn(C(C)C)c4ncnc(N)c34)c2)c1. The second-order valence-corrected chi connectivity index (χ2v) is 9.94. The van der Waals surface area contributed by atoms with E-state index in [2.05, 4.69) is 14.7 Å². The van der Waals surface area contributed by atoms with Gasteiger partial charge in [-0.15, -0.1) is 0 Å². The first-order valence-electron chi connectivity index (χ1n) is 10.4. The van der Waals surface area contributed by atoms with Crippen LogP contribution < -0.4 is 10.5 Å². The lowest BCUT2D eigenvalue weighted by Crippen LogP contribution is -2.15. The number of fused-ring (bicyclic) bond motifs is 1. The van der Waals surface area contributed by atoms with E-state index in [9.17, 15) is 13.2 Å². The van der Waals surface area contributed by atoms with Gasteiger partial charge in [0.15, 0.2) is 5.78 Å². The molecule has 0 aliphatic heterocycles. The molecule has 170 valence electrons. The molecule has 2 aromatic carbocycles. The van der Waals surface area contributed by atoms with Crippen molar-refractivity contribution < 1.29 is 13.2 Å². The van der Waals surface area contributed by atoms with Gasteiger partial charge in [0.1, 0.15) is 17.8 Å². The smallest absolute Gasteiger partial charge is 0.262 e. The maximum Gasteiger partial charge on any atom is 0.262 e. The number of nitrogens with two attached hydrogens (primary N) is 1. The van der Waals surface area contributed by atoms with Crippen LogP contribution in [0.4, 0.5) is 11.5 Å². The third-order valence-electron chi connectivity index (χ3n) is 5.45. The summed E-state index contributed by atoms with van der Waals surface area (Å²) in [7, 11) is -3.83. The predicted octanol–water partition coefficient (Wildman–Crippen LogP) is 4.24. The summed E-state index contributed by atoms with van der Waals surface area (Å²) in [6, 6.07) is 11.7. The first-order chi connectivity index (χ1) is 15.6. The third kappa shape index (κ3) is 4.19. The monoisotopic (exact) mass is 463 g/mol. The van der Waals surface area contributed by atoms with Crippen molar-refractivity contribution >= 4 is 38.3 Å². The van der Waals surface area contributed by atoms with E-state index in [4.69, 9.17) is 5.73 Å². The number of ketones is 1. The van der Waals surface area contributed by atoms with Gasteiger partial charge in [-0.3, -0.25) is 9.52 Å². The maximum atomic E-state index is 13.4. The molecule has 2 heterocycles. The van der Waals surface area contributed by atoms with E-state index in [1.807, 2.05) is 31.4 Å². The number of benzene rings is 2. The molecule has 0 atom stereocenters. The van der Waals surface area contributed by atoms with Gasteiger partial charge in [0.25, 0.3) is 10.0 Å². The summed E-state index contributed by atoms with van der Waals surface area (Å²) in [5.41, 5.74) is 9.11. The Bertz CT molecular complexity index is 1490. The average molecular weight is 464 g/mol. The lowest BCUT2D eigenvalue weighted by Gasteiger charge is -2.12. The van der Waals surface area contributed by atoms with E-state index in [1.54, 1.807) is 43.5 Å². The topological polar surface area (TPSA) is 120 Å². The van der Waals surface area contributed by atoms with Crippen LogP contribution >= 0.6 is 0 Å². The number of sulfonamides is 1. The molecule has 4 rings (SSSR count). The lowest BCUT2D eigenvalue weighted by atomic mass is 10.0. The quantitative estimate of drug-likeness (QED) is 0.413. The molecule has 0 saturated heterocycles. The maximum absolute atomic E-state index is 13.4. The van der Waals surface area contributed by atoms with Crippen molar-refractivity contribution in [2.75, 3.05) is 10.5 Å². The molecular weight excluding hydrogens is 438 g/mol. The van der Waals surface area contributed by atoms with E-state index in [-0.39, 0.29) is 22.5 Å². The van der Waals surface area contributed by atoms with Gasteiger partial charge in [-0.2, -0.15) is 0 Å². The van der Waals surface area contributed by atoms with Gasteiger partial charge in [0.2, 0.25) is 0 Å². The molecule has 0 spiro atoms. The molecular formula is C24H25N5O3S. The van der Waals surface area contributed by atoms with E-state index < -0.39 is 10.0 Å². The van der Waals surface area contributed by atoms with Crippen LogP contribution in [0.3, 0.4) is 0 Å². The molecule has 0 bridgehead atoms. The highest BCUT2D eigenvalue weighted by Gasteiger charge is 2.22. The number of hydrogen-bond donors (Lipinski definition) is 2. The number of aryl methyl sites for hydroxylation is 2. The molecule has 3 N–H and O–H groups in total. The van der Waals surface area contributed by atoms with Gasteiger partial charge in [-0.1, -0.05) is 24.3 Å². The van der Waals surface area contributed by atoms with Gasteiger partial charge in [-0.05, 0) is 57.0 Å². The van der Waals surface area contributed by atoms with Gasteiger partial charge in [0.05, 0.1) is 15.8 Å². The normalized spacial score (nSPS) is 11.8. The van der Waals surface area contributed by atoms with E-state index >= 15 is 0 Å².